The maximum absolute atomic E-state index is 13.2. The molecule has 3 rings (SSSR count). The SMILES string of the molecule is Cc1cnc(NC(=O)CN(CCCN2CCOCC2)S(=O)(=O)c2ccc(Br)cc2)s1. The van der Waals surface area contributed by atoms with Crippen LogP contribution < -0.4 is 5.32 Å². The number of carbonyl (C=O) groups excluding carboxylic acids is 1. The Morgan fingerprint density at radius 1 is 1.30 bits per heavy atom. The number of carbonyl (C=O) groups is 1. The van der Waals surface area contributed by atoms with Gasteiger partial charge in [-0.3, -0.25) is 9.69 Å². The Balaban J connectivity index is 1.69. The molecule has 164 valence electrons. The van der Waals surface area contributed by atoms with Crippen LogP contribution in [0.25, 0.3) is 0 Å². The molecule has 1 aromatic heterocycles. The summed E-state index contributed by atoms with van der Waals surface area (Å²) in [4.78, 5) is 20.0. The fourth-order valence-corrected chi connectivity index (χ4v) is 5.45. The number of anilines is 1. The number of benzene rings is 1. The van der Waals surface area contributed by atoms with Gasteiger partial charge >= 0.3 is 0 Å². The molecule has 0 bridgehead atoms. The quantitative estimate of drug-likeness (QED) is 0.550. The van der Waals surface area contributed by atoms with E-state index in [1.807, 2.05) is 6.92 Å². The lowest BCUT2D eigenvalue weighted by molar-refractivity contribution is -0.116. The summed E-state index contributed by atoms with van der Waals surface area (Å²) in [7, 11) is -3.81. The third-order valence-corrected chi connectivity index (χ3v) is 7.84. The highest BCUT2D eigenvalue weighted by molar-refractivity contribution is 9.10. The second-order valence-electron chi connectivity index (χ2n) is 6.92. The van der Waals surface area contributed by atoms with Crippen LogP contribution in [0, 0.1) is 6.92 Å². The van der Waals surface area contributed by atoms with Gasteiger partial charge in [0, 0.05) is 35.2 Å². The van der Waals surface area contributed by atoms with Crippen LogP contribution in [0.2, 0.25) is 0 Å². The van der Waals surface area contributed by atoms with Crippen molar-refractivity contribution in [1.82, 2.24) is 14.2 Å². The predicted molar refractivity (Wildman–Crippen MR) is 120 cm³/mol. The molecule has 0 saturated carbocycles. The predicted octanol–water partition coefficient (Wildman–Crippen LogP) is 2.57. The normalized spacial score (nSPS) is 15.4. The van der Waals surface area contributed by atoms with Gasteiger partial charge in [-0.2, -0.15) is 4.31 Å². The van der Waals surface area contributed by atoms with E-state index in [0.717, 1.165) is 29.0 Å². The molecule has 30 heavy (non-hydrogen) atoms. The van der Waals surface area contributed by atoms with Crippen LogP contribution in [-0.2, 0) is 19.6 Å². The number of aromatic nitrogens is 1. The average Bonchev–Trinajstić information content (AvgIpc) is 3.12. The monoisotopic (exact) mass is 516 g/mol. The Morgan fingerprint density at radius 3 is 2.63 bits per heavy atom. The van der Waals surface area contributed by atoms with Crippen molar-refractivity contribution in [2.45, 2.75) is 18.2 Å². The molecule has 1 aliphatic heterocycles. The van der Waals surface area contributed by atoms with Crippen LogP contribution in [0.5, 0.6) is 0 Å². The molecule has 0 spiro atoms. The Kier molecular flexibility index (Phi) is 8.37. The lowest BCUT2D eigenvalue weighted by Gasteiger charge is -2.28. The molecule has 0 atom stereocenters. The number of nitrogens with zero attached hydrogens (tertiary/aromatic N) is 3. The largest absolute Gasteiger partial charge is 0.379 e. The number of morpholine rings is 1. The van der Waals surface area contributed by atoms with Crippen molar-refractivity contribution in [1.29, 1.82) is 0 Å². The van der Waals surface area contributed by atoms with E-state index in [4.69, 9.17) is 4.74 Å². The lowest BCUT2D eigenvalue weighted by atomic mass is 10.3. The first-order chi connectivity index (χ1) is 14.3. The molecule has 1 amide bonds. The lowest BCUT2D eigenvalue weighted by Crippen LogP contribution is -2.41. The minimum absolute atomic E-state index is 0.162. The number of thiazole rings is 1. The maximum atomic E-state index is 13.2. The summed E-state index contributed by atoms with van der Waals surface area (Å²) >= 11 is 4.67. The molecule has 2 heterocycles. The molecule has 0 radical (unpaired) electrons. The third-order valence-electron chi connectivity index (χ3n) is 4.62. The smallest absolute Gasteiger partial charge is 0.243 e. The Labute approximate surface area is 189 Å². The van der Waals surface area contributed by atoms with Crippen LogP contribution in [0.3, 0.4) is 0 Å². The van der Waals surface area contributed by atoms with Crippen LogP contribution >= 0.6 is 27.3 Å². The van der Waals surface area contributed by atoms with Crippen molar-refractivity contribution in [2.24, 2.45) is 0 Å². The summed E-state index contributed by atoms with van der Waals surface area (Å²) < 4.78 is 33.8. The van der Waals surface area contributed by atoms with Crippen LogP contribution in [0.15, 0.2) is 39.8 Å². The van der Waals surface area contributed by atoms with Crippen LogP contribution in [0.4, 0.5) is 5.13 Å². The van der Waals surface area contributed by atoms with Gasteiger partial charge in [0.2, 0.25) is 15.9 Å². The van der Waals surface area contributed by atoms with E-state index >= 15 is 0 Å². The zero-order chi connectivity index (χ0) is 21.6. The fourth-order valence-electron chi connectivity index (χ4n) is 3.07. The topological polar surface area (TPSA) is 91.8 Å². The van der Waals surface area contributed by atoms with Gasteiger partial charge in [-0.15, -0.1) is 11.3 Å². The summed E-state index contributed by atoms with van der Waals surface area (Å²) in [6, 6.07) is 6.43. The van der Waals surface area contributed by atoms with Crippen molar-refractivity contribution in [3.05, 3.63) is 39.8 Å². The van der Waals surface area contributed by atoms with Gasteiger partial charge in [0.05, 0.1) is 24.7 Å². The van der Waals surface area contributed by atoms with Crippen molar-refractivity contribution < 1.29 is 17.9 Å². The third kappa shape index (κ3) is 6.56. The second kappa shape index (κ2) is 10.8. The van der Waals surface area contributed by atoms with Crippen LogP contribution in [-0.4, -0.2) is 74.5 Å². The minimum Gasteiger partial charge on any atom is -0.379 e. The molecule has 0 unspecified atom stereocenters. The molecule has 1 aromatic carbocycles. The second-order valence-corrected chi connectivity index (χ2v) is 11.0. The zero-order valence-corrected chi connectivity index (χ0v) is 19.9. The van der Waals surface area contributed by atoms with Gasteiger partial charge in [-0.05, 0) is 44.2 Å². The molecule has 2 aromatic rings. The fraction of sp³-hybridized carbons (Fsp3) is 0.474. The van der Waals surface area contributed by atoms with E-state index in [-0.39, 0.29) is 18.0 Å². The highest BCUT2D eigenvalue weighted by Crippen LogP contribution is 2.20. The maximum Gasteiger partial charge on any atom is 0.243 e. The minimum atomic E-state index is -3.81. The Morgan fingerprint density at radius 2 is 2.00 bits per heavy atom. The standard InChI is InChI=1S/C19H25BrN4O4S2/c1-15-13-21-19(29-15)22-18(25)14-24(8-2-7-23-9-11-28-12-10-23)30(26,27)17-5-3-16(20)4-6-17/h3-6,13H,2,7-12,14H2,1H3,(H,21,22,25). The van der Waals surface area contributed by atoms with Gasteiger partial charge < -0.3 is 10.1 Å². The van der Waals surface area contributed by atoms with Gasteiger partial charge in [0.15, 0.2) is 5.13 Å². The summed E-state index contributed by atoms with van der Waals surface area (Å²) in [5, 5.41) is 3.16. The van der Waals surface area contributed by atoms with E-state index in [1.165, 1.54) is 27.8 Å². The van der Waals surface area contributed by atoms with E-state index in [2.05, 4.69) is 31.1 Å². The number of aryl methyl sites for hydroxylation is 1. The molecule has 1 saturated heterocycles. The first kappa shape index (κ1) is 23.3. The highest BCUT2D eigenvalue weighted by Gasteiger charge is 2.27. The number of sulfonamides is 1. The summed E-state index contributed by atoms with van der Waals surface area (Å²) in [6.45, 7) is 5.69. The first-order valence-electron chi connectivity index (χ1n) is 9.63. The van der Waals surface area contributed by atoms with Crippen molar-refractivity contribution in [3.8, 4) is 0 Å². The zero-order valence-electron chi connectivity index (χ0n) is 16.7. The Hall–Kier alpha value is -1.37. The van der Waals surface area contributed by atoms with E-state index in [0.29, 0.717) is 24.8 Å². The number of ether oxygens (including phenoxy) is 1. The first-order valence-corrected chi connectivity index (χ1v) is 12.7. The average molecular weight is 517 g/mol. The van der Waals surface area contributed by atoms with Gasteiger partial charge in [0.25, 0.3) is 0 Å². The molecular formula is C19H25BrN4O4S2. The molecule has 8 nitrogen and oxygen atoms in total. The molecule has 1 N–H and O–H groups in total. The summed E-state index contributed by atoms with van der Waals surface area (Å²) in [6.07, 6.45) is 2.29. The van der Waals surface area contributed by atoms with E-state index in [9.17, 15) is 13.2 Å². The van der Waals surface area contributed by atoms with Gasteiger partial charge in [-0.1, -0.05) is 15.9 Å². The number of rotatable bonds is 9. The number of hydrogen-bond acceptors (Lipinski definition) is 7. The molecule has 1 fully saturated rings. The van der Waals surface area contributed by atoms with Crippen LogP contribution in [0.1, 0.15) is 11.3 Å². The molecule has 1 aliphatic rings. The van der Waals surface area contributed by atoms with Crippen molar-refractivity contribution in [3.63, 3.8) is 0 Å². The van der Waals surface area contributed by atoms with Gasteiger partial charge in [0.1, 0.15) is 0 Å². The van der Waals surface area contributed by atoms with Crippen molar-refractivity contribution in [2.75, 3.05) is 51.3 Å². The van der Waals surface area contributed by atoms with E-state index < -0.39 is 15.9 Å². The number of nitrogens with one attached hydrogen (secondary N) is 1. The summed E-state index contributed by atoms with van der Waals surface area (Å²) in [5.74, 6) is -0.406. The van der Waals surface area contributed by atoms with Gasteiger partial charge in [-0.25, -0.2) is 13.4 Å². The highest BCUT2D eigenvalue weighted by atomic mass is 79.9. The molecule has 11 heteroatoms. The Bertz CT molecular complexity index is 944. The molecule has 0 aliphatic carbocycles. The van der Waals surface area contributed by atoms with Crippen molar-refractivity contribution >= 4 is 48.3 Å². The number of hydrogen-bond donors (Lipinski definition) is 1. The number of halogens is 1. The van der Waals surface area contributed by atoms with E-state index in [1.54, 1.807) is 18.3 Å². The molecular weight excluding hydrogens is 492 g/mol. The number of amides is 1. The summed E-state index contributed by atoms with van der Waals surface area (Å²) in [5.41, 5.74) is 0.